The Balaban J connectivity index is 1.46. The number of aryl methyl sites for hydroxylation is 2. The molecular formula is C23H22N4O4S. The molecule has 0 atom stereocenters. The van der Waals surface area contributed by atoms with Crippen LogP contribution in [0.15, 0.2) is 44.8 Å². The molecule has 4 aromatic rings. The van der Waals surface area contributed by atoms with Crippen LogP contribution in [0, 0.1) is 13.8 Å². The van der Waals surface area contributed by atoms with E-state index in [1.54, 1.807) is 16.7 Å². The van der Waals surface area contributed by atoms with Gasteiger partial charge in [-0.3, -0.25) is 9.36 Å². The zero-order valence-corrected chi connectivity index (χ0v) is 19.0. The van der Waals surface area contributed by atoms with Crippen LogP contribution in [-0.4, -0.2) is 26.5 Å². The zero-order valence-electron chi connectivity index (χ0n) is 18.2. The molecule has 0 fully saturated rings. The van der Waals surface area contributed by atoms with Crippen molar-refractivity contribution in [3.63, 3.8) is 0 Å². The Labute approximate surface area is 188 Å². The number of hydrogen-bond acceptors (Lipinski definition) is 8. The highest BCUT2D eigenvalue weighted by atomic mass is 32.2. The molecule has 0 N–H and O–H groups in total. The third kappa shape index (κ3) is 3.62. The Morgan fingerprint density at radius 1 is 1.06 bits per heavy atom. The van der Waals surface area contributed by atoms with E-state index < -0.39 is 0 Å². The fourth-order valence-corrected chi connectivity index (χ4v) is 4.53. The van der Waals surface area contributed by atoms with Crippen LogP contribution in [0.2, 0.25) is 0 Å². The van der Waals surface area contributed by atoms with E-state index in [-0.39, 0.29) is 18.4 Å². The third-order valence-electron chi connectivity index (χ3n) is 5.44. The topological polar surface area (TPSA) is 92.3 Å². The van der Waals surface area contributed by atoms with Crippen LogP contribution >= 0.6 is 11.8 Å². The first-order chi connectivity index (χ1) is 15.4. The van der Waals surface area contributed by atoms with Crippen molar-refractivity contribution in [2.24, 2.45) is 0 Å². The predicted molar refractivity (Wildman–Crippen MR) is 121 cm³/mol. The van der Waals surface area contributed by atoms with E-state index in [4.69, 9.17) is 19.0 Å². The van der Waals surface area contributed by atoms with Crippen molar-refractivity contribution >= 4 is 22.7 Å². The lowest BCUT2D eigenvalue weighted by molar-refractivity contribution is 0.174. The van der Waals surface area contributed by atoms with Gasteiger partial charge in [-0.25, -0.2) is 4.98 Å². The fraction of sp³-hybridized carbons (Fsp3) is 0.304. The Hall–Kier alpha value is -3.33. The molecule has 1 aliphatic heterocycles. The van der Waals surface area contributed by atoms with E-state index in [1.165, 1.54) is 22.9 Å². The second-order valence-electron chi connectivity index (χ2n) is 7.99. The molecule has 0 saturated carbocycles. The van der Waals surface area contributed by atoms with Gasteiger partial charge in [0.25, 0.3) is 5.56 Å². The van der Waals surface area contributed by atoms with Crippen LogP contribution in [-0.2, 0) is 5.75 Å². The molecule has 0 saturated heterocycles. The number of benzene rings is 2. The van der Waals surface area contributed by atoms with Gasteiger partial charge in [-0.2, -0.15) is 4.98 Å². The molecule has 2 aromatic carbocycles. The molecule has 3 heterocycles. The second-order valence-corrected chi connectivity index (χ2v) is 8.93. The van der Waals surface area contributed by atoms with Crippen molar-refractivity contribution in [2.75, 3.05) is 6.79 Å². The van der Waals surface area contributed by atoms with Crippen LogP contribution in [0.4, 0.5) is 0 Å². The van der Waals surface area contributed by atoms with Gasteiger partial charge in [0.15, 0.2) is 16.7 Å². The summed E-state index contributed by atoms with van der Waals surface area (Å²) in [6.45, 7) is 8.17. The molecule has 0 aliphatic carbocycles. The Morgan fingerprint density at radius 2 is 1.84 bits per heavy atom. The standard InChI is InChI=1S/C23H22N4O4S/c1-12(2)27-22(28)16-8-18-19(30-11-29-18)9-17(16)24-23(27)32-10-20-25-21(26-31-20)15-6-5-13(3)14(4)7-15/h5-9,12H,10-11H2,1-4H3. The molecule has 32 heavy (non-hydrogen) atoms. The molecule has 2 aromatic heterocycles. The van der Waals surface area contributed by atoms with Gasteiger partial charge in [-0.15, -0.1) is 0 Å². The summed E-state index contributed by atoms with van der Waals surface area (Å²) in [6, 6.07) is 9.45. The molecule has 5 rings (SSSR count). The molecule has 0 bridgehead atoms. The van der Waals surface area contributed by atoms with Gasteiger partial charge in [0.2, 0.25) is 18.5 Å². The summed E-state index contributed by atoms with van der Waals surface area (Å²) in [5.41, 5.74) is 3.74. The number of rotatable bonds is 5. The van der Waals surface area contributed by atoms with Crippen LogP contribution in [0.25, 0.3) is 22.3 Å². The summed E-state index contributed by atoms with van der Waals surface area (Å²) < 4.78 is 18.0. The Bertz CT molecular complexity index is 1390. The minimum atomic E-state index is -0.118. The van der Waals surface area contributed by atoms with Crippen LogP contribution in [0.1, 0.15) is 36.9 Å². The first-order valence-electron chi connectivity index (χ1n) is 10.3. The van der Waals surface area contributed by atoms with E-state index in [9.17, 15) is 4.79 Å². The van der Waals surface area contributed by atoms with Crippen molar-refractivity contribution in [1.82, 2.24) is 19.7 Å². The molecule has 0 spiro atoms. The molecule has 1 aliphatic rings. The van der Waals surface area contributed by atoms with Gasteiger partial charge in [0.05, 0.1) is 16.7 Å². The quantitative estimate of drug-likeness (QED) is 0.320. The molecule has 0 unspecified atom stereocenters. The van der Waals surface area contributed by atoms with Crippen molar-refractivity contribution in [2.45, 2.75) is 44.6 Å². The van der Waals surface area contributed by atoms with Crippen LogP contribution in [0.5, 0.6) is 11.5 Å². The summed E-state index contributed by atoms with van der Waals surface area (Å²) in [6.07, 6.45) is 0. The summed E-state index contributed by atoms with van der Waals surface area (Å²) in [5, 5.41) is 5.20. The minimum Gasteiger partial charge on any atom is -0.454 e. The molecule has 9 heteroatoms. The number of hydrogen-bond donors (Lipinski definition) is 0. The lowest BCUT2D eigenvalue weighted by Gasteiger charge is -2.15. The largest absolute Gasteiger partial charge is 0.454 e. The predicted octanol–water partition coefficient (Wildman–Crippen LogP) is 4.67. The average molecular weight is 451 g/mol. The molecule has 0 amide bonds. The van der Waals surface area contributed by atoms with Crippen LogP contribution < -0.4 is 15.0 Å². The molecule has 8 nitrogen and oxygen atoms in total. The number of nitrogens with zero attached hydrogens (tertiary/aromatic N) is 4. The SMILES string of the molecule is Cc1ccc(-c2noc(CSc3nc4cc5c(cc4c(=O)n3C(C)C)OCO5)n2)cc1C. The summed E-state index contributed by atoms with van der Waals surface area (Å²) in [7, 11) is 0. The first-order valence-corrected chi connectivity index (χ1v) is 11.3. The minimum absolute atomic E-state index is 0.0684. The van der Waals surface area contributed by atoms with Crippen molar-refractivity contribution in [3.05, 3.63) is 57.7 Å². The summed E-state index contributed by atoms with van der Waals surface area (Å²) in [4.78, 5) is 22.5. The second kappa shape index (κ2) is 7.98. The van der Waals surface area contributed by atoms with E-state index in [1.807, 2.05) is 32.0 Å². The van der Waals surface area contributed by atoms with Gasteiger partial charge in [0.1, 0.15) is 0 Å². The van der Waals surface area contributed by atoms with E-state index in [0.29, 0.717) is 45.0 Å². The zero-order chi connectivity index (χ0) is 22.4. The third-order valence-corrected chi connectivity index (χ3v) is 6.37. The lowest BCUT2D eigenvalue weighted by Crippen LogP contribution is -2.25. The number of ether oxygens (including phenoxy) is 2. The van der Waals surface area contributed by atoms with Gasteiger partial charge in [-0.05, 0) is 51.0 Å². The highest BCUT2D eigenvalue weighted by molar-refractivity contribution is 7.98. The van der Waals surface area contributed by atoms with Crippen molar-refractivity contribution < 1.29 is 14.0 Å². The highest BCUT2D eigenvalue weighted by Gasteiger charge is 2.21. The molecular weight excluding hydrogens is 428 g/mol. The summed E-state index contributed by atoms with van der Waals surface area (Å²) >= 11 is 1.39. The van der Waals surface area contributed by atoms with Gasteiger partial charge < -0.3 is 14.0 Å². The number of fused-ring (bicyclic) bond motifs is 2. The maximum absolute atomic E-state index is 13.2. The normalized spacial score (nSPS) is 12.8. The monoisotopic (exact) mass is 450 g/mol. The van der Waals surface area contributed by atoms with Crippen LogP contribution in [0.3, 0.4) is 0 Å². The van der Waals surface area contributed by atoms with E-state index in [2.05, 4.69) is 24.0 Å². The Kier molecular flexibility index (Phi) is 5.13. The van der Waals surface area contributed by atoms with E-state index in [0.717, 1.165) is 5.56 Å². The maximum Gasteiger partial charge on any atom is 0.262 e. The van der Waals surface area contributed by atoms with E-state index >= 15 is 0 Å². The average Bonchev–Trinajstić information content (AvgIpc) is 3.42. The highest BCUT2D eigenvalue weighted by Crippen LogP contribution is 2.35. The lowest BCUT2D eigenvalue weighted by atomic mass is 10.1. The molecule has 0 radical (unpaired) electrons. The summed E-state index contributed by atoms with van der Waals surface area (Å²) in [5.74, 6) is 2.57. The van der Waals surface area contributed by atoms with Gasteiger partial charge in [0, 0.05) is 17.7 Å². The first kappa shape index (κ1) is 20.6. The smallest absolute Gasteiger partial charge is 0.262 e. The Morgan fingerprint density at radius 3 is 2.59 bits per heavy atom. The molecule has 164 valence electrons. The number of aromatic nitrogens is 4. The number of thioether (sulfide) groups is 1. The van der Waals surface area contributed by atoms with Gasteiger partial charge >= 0.3 is 0 Å². The van der Waals surface area contributed by atoms with Gasteiger partial charge in [-0.1, -0.05) is 29.1 Å². The fourth-order valence-electron chi connectivity index (χ4n) is 3.56. The maximum atomic E-state index is 13.2. The van der Waals surface area contributed by atoms with Crippen molar-refractivity contribution in [3.8, 4) is 22.9 Å². The van der Waals surface area contributed by atoms with Crippen molar-refractivity contribution in [1.29, 1.82) is 0 Å².